The Balaban J connectivity index is 0.00000385. The Morgan fingerprint density at radius 1 is 1.15 bits per heavy atom. The van der Waals surface area contributed by atoms with Crippen molar-refractivity contribution in [3.05, 3.63) is 59.9 Å². The van der Waals surface area contributed by atoms with Crippen LogP contribution in [0.2, 0.25) is 0 Å². The number of fused-ring (bicyclic) bond motifs is 1. The van der Waals surface area contributed by atoms with Crippen molar-refractivity contribution < 1.29 is 18.7 Å². The zero-order chi connectivity index (χ0) is 22.9. The van der Waals surface area contributed by atoms with Crippen molar-refractivity contribution in [1.29, 1.82) is 0 Å². The summed E-state index contributed by atoms with van der Waals surface area (Å²) >= 11 is 0. The van der Waals surface area contributed by atoms with Gasteiger partial charge in [0.25, 0.3) is 5.91 Å². The molecule has 8 nitrogen and oxygen atoms in total. The van der Waals surface area contributed by atoms with Gasteiger partial charge in [-0.15, -0.1) is 24.0 Å². The van der Waals surface area contributed by atoms with E-state index in [9.17, 15) is 4.79 Å². The molecule has 1 amide bonds. The van der Waals surface area contributed by atoms with E-state index in [0.29, 0.717) is 24.9 Å². The van der Waals surface area contributed by atoms with Crippen molar-refractivity contribution in [2.45, 2.75) is 33.4 Å². The van der Waals surface area contributed by atoms with Gasteiger partial charge < -0.3 is 30.3 Å². The fourth-order valence-electron chi connectivity index (χ4n) is 3.19. The number of guanidine groups is 1. The molecule has 0 bridgehead atoms. The number of halogens is 1. The van der Waals surface area contributed by atoms with Gasteiger partial charge in [-0.1, -0.05) is 24.3 Å². The molecule has 1 heterocycles. The number of hydrogen-bond acceptors (Lipinski definition) is 5. The first-order valence-corrected chi connectivity index (χ1v) is 10.7. The SMILES string of the molecule is CCNC(=NCc1cccc(OCC(N)=O)c1)NC(C)c1cc2cccc(OCC)c2o1.I. The molecule has 0 spiro atoms. The summed E-state index contributed by atoms with van der Waals surface area (Å²) < 4.78 is 17.1. The highest BCUT2D eigenvalue weighted by Gasteiger charge is 2.15. The highest BCUT2D eigenvalue weighted by Crippen LogP contribution is 2.31. The molecule has 0 aliphatic rings. The molecule has 3 rings (SSSR count). The number of rotatable bonds is 10. The summed E-state index contributed by atoms with van der Waals surface area (Å²) in [5, 5.41) is 7.63. The predicted molar refractivity (Wildman–Crippen MR) is 140 cm³/mol. The minimum absolute atomic E-state index is 0. The molecular weight excluding hydrogens is 535 g/mol. The number of nitrogens with zero attached hydrogens (tertiary/aromatic N) is 1. The van der Waals surface area contributed by atoms with Crippen molar-refractivity contribution in [2.75, 3.05) is 19.8 Å². The topological polar surface area (TPSA) is 111 Å². The third kappa shape index (κ3) is 7.55. The maximum Gasteiger partial charge on any atom is 0.255 e. The number of ether oxygens (including phenoxy) is 2. The summed E-state index contributed by atoms with van der Waals surface area (Å²) in [5.41, 5.74) is 6.82. The molecule has 2 aromatic carbocycles. The summed E-state index contributed by atoms with van der Waals surface area (Å²) in [6.07, 6.45) is 0. The lowest BCUT2D eigenvalue weighted by atomic mass is 10.2. The van der Waals surface area contributed by atoms with Gasteiger partial charge in [-0.2, -0.15) is 0 Å². The number of aliphatic imine (C=N–C) groups is 1. The molecule has 3 aromatic rings. The number of nitrogens with two attached hydrogens (primary N) is 1. The predicted octanol–water partition coefficient (Wildman–Crippen LogP) is 4.13. The largest absolute Gasteiger partial charge is 0.490 e. The molecule has 1 unspecified atom stereocenters. The lowest BCUT2D eigenvalue weighted by Gasteiger charge is -2.16. The van der Waals surface area contributed by atoms with Gasteiger partial charge in [0.1, 0.15) is 11.5 Å². The lowest BCUT2D eigenvalue weighted by molar-refractivity contribution is -0.119. The van der Waals surface area contributed by atoms with Crippen molar-refractivity contribution in [3.63, 3.8) is 0 Å². The minimum Gasteiger partial charge on any atom is -0.490 e. The van der Waals surface area contributed by atoms with Crippen molar-refractivity contribution >= 4 is 46.8 Å². The van der Waals surface area contributed by atoms with Crippen LogP contribution < -0.4 is 25.8 Å². The monoisotopic (exact) mass is 566 g/mol. The first-order chi connectivity index (χ1) is 15.5. The molecule has 0 aliphatic heterocycles. The van der Waals surface area contributed by atoms with Crippen LogP contribution in [-0.4, -0.2) is 31.6 Å². The van der Waals surface area contributed by atoms with Gasteiger partial charge in [0.05, 0.1) is 19.2 Å². The quantitative estimate of drug-likeness (QED) is 0.193. The molecule has 0 fully saturated rings. The standard InChI is InChI=1S/C24H30N4O4.HI/c1-4-26-24(27-14-17-8-6-10-19(12-17)31-15-22(25)29)28-16(3)21-13-18-9-7-11-20(30-5-2)23(18)32-21;/h6-13,16H,4-5,14-15H2,1-3H3,(H2,25,29)(H2,26,27,28);1H. The van der Waals surface area contributed by atoms with E-state index in [1.807, 2.05) is 63.2 Å². The molecule has 0 radical (unpaired) electrons. The number of benzene rings is 2. The van der Waals surface area contributed by atoms with E-state index in [-0.39, 0.29) is 36.6 Å². The molecule has 0 aliphatic carbocycles. The lowest BCUT2D eigenvalue weighted by Crippen LogP contribution is -2.38. The van der Waals surface area contributed by atoms with Crippen LogP contribution in [0.25, 0.3) is 11.0 Å². The molecule has 4 N–H and O–H groups in total. The van der Waals surface area contributed by atoms with Crippen LogP contribution in [0.15, 0.2) is 57.9 Å². The number of para-hydroxylation sites is 1. The van der Waals surface area contributed by atoms with Crippen LogP contribution in [0.1, 0.15) is 38.1 Å². The number of amides is 1. The van der Waals surface area contributed by atoms with Gasteiger partial charge in [-0.3, -0.25) is 4.79 Å². The number of carbonyl (C=O) groups is 1. The van der Waals surface area contributed by atoms with E-state index >= 15 is 0 Å². The second-order valence-corrected chi connectivity index (χ2v) is 7.22. The van der Waals surface area contributed by atoms with Crippen LogP contribution in [0, 0.1) is 0 Å². The molecule has 178 valence electrons. The van der Waals surface area contributed by atoms with E-state index in [1.165, 1.54) is 0 Å². The summed E-state index contributed by atoms with van der Waals surface area (Å²) in [7, 11) is 0. The van der Waals surface area contributed by atoms with E-state index in [0.717, 1.165) is 34.6 Å². The Morgan fingerprint density at radius 2 is 1.94 bits per heavy atom. The summed E-state index contributed by atoms with van der Waals surface area (Å²) in [6.45, 7) is 7.55. The molecular formula is C24H31IN4O4. The third-order valence-electron chi connectivity index (χ3n) is 4.65. The normalized spacial score (nSPS) is 12.0. The highest BCUT2D eigenvalue weighted by atomic mass is 127. The Labute approximate surface area is 210 Å². The zero-order valence-electron chi connectivity index (χ0n) is 19.1. The van der Waals surface area contributed by atoms with Crippen LogP contribution in [-0.2, 0) is 11.3 Å². The van der Waals surface area contributed by atoms with E-state index in [1.54, 1.807) is 6.07 Å². The smallest absolute Gasteiger partial charge is 0.255 e. The van der Waals surface area contributed by atoms with Crippen molar-refractivity contribution in [1.82, 2.24) is 10.6 Å². The number of nitrogens with one attached hydrogen (secondary N) is 2. The zero-order valence-corrected chi connectivity index (χ0v) is 21.4. The molecule has 9 heteroatoms. The van der Waals surface area contributed by atoms with Crippen LogP contribution >= 0.6 is 24.0 Å². The number of furan rings is 1. The Hall–Kier alpha value is -2.95. The number of carbonyl (C=O) groups excluding carboxylic acids is 1. The summed E-state index contributed by atoms with van der Waals surface area (Å²) in [4.78, 5) is 15.6. The van der Waals surface area contributed by atoms with E-state index in [2.05, 4.69) is 15.6 Å². The van der Waals surface area contributed by atoms with Gasteiger partial charge in [0.2, 0.25) is 0 Å². The van der Waals surface area contributed by atoms with E-state index < -0.39 is 5.91 Å². The number of primary amides is 1. The molecule has 33 heavy (non-hydrogen) atoms. The van der Waals surface area contributed by atoms with Gasteiger partial charge >= 0.3 is 0 Å². The second-order valence-electron chi connectivity index (χ2n) is 7.22. The van der Waals surface area contributed by atoms with E-state index in [4.69, 9.17) is 19.6 Å². The summed E-state index contributed by atoms with van der Waals surface area (Å²) in [5.74, 6) is 2.26. The molecule has 1 atom stereocenters. The maximum absolute atomic E-state index is 10.9. The third-order valence-corrected chi connectivity index (χ3v) is 4.65. The van der Waals surface area contributed by atoms with Crippen molar-refractivity contribution in [2.24, 2.45) is 10.7 Å². The Bertz CT molecular complexity index is 1080. The average molecular weight is 566 g/mol. The molecule has 0 saturated heterocycles. The number of hydrogen-bond donors (Lipinski definition) is 3. The summed E-state index contributed by atoms with van der Waals surface area (Å²) in [6, 6.07) is 15.2. The molecule has 1 aromatic heterocycles. The van der Waals surface area contributed by atoms with Gasteiger partial charge in [0, 0.05) is 11.9 Å². The van der Waals surface area contributed by atoms with Gasteiger partial charge in [-0.05, 0) is 50.6 Å². The Morgan fingerprint density at radius 3 is 2.67 bits per heavy atom. The van der Waals surface area contributed by atoms with Crippen LogP contribution in [0.5, 0.6) is 11.5 Å². The van der Waals surface area contributed by atoms with Crippen LogP contribution in [0.4, 0.5) is 0 Å². The van der Waals surface area contributed by atoms with Crippen LogP contribution in [0.3, 0.4) is 0 Å². The van der Waals surface area contributed by atoms with Crippen molar-refractivity contribution in [3.8, 4) is 11.5 Å². The van der Waals surface area contributed by atoms with Gasteiger partial charge in [-0.25, -0.2) is 4.99 Å². The maximum atomic E-state index is 10.9. The second kappa shape index (κ2) is 12.9. The first kappa shape index (κ1) is 26.3. The fraction of sp³-hybridized carbons (Fsp3) is 0.333. The van der Waals surface area contributed by atoms with Gasteiger partial charge in [0.15, 0.2) is 23.9 Å². The molecule has 0 saturated carbocycles. The minimum atomic E-state index is -0.514. The first-order valence-electron chi connectivity index (χ1n) is 10.7. The fourth-order valence-corrected chi connectivity index (χ4v) is 3.19. The highest BCUT2D eigenvalue weighted by molar-refractivity contribution is 14.0. The Kier molecular flexibility index (Phi) is 10.3. The average Bonchev–Trinajstić information content (AvgIpc) is 3.22.